The monoisotopic (exact) mass is 562 g/mol. The molecule has 37 heavy (non-hydrogen) atoms. The van der Waals surface area contributed by atoms with Gasteiger partial charge in [0, 0.05) is 16.7 Å². The van der Waals surface area contributed by atoms with Crippen molar-refractivity contribution in [2.24, 2.45) is 0 Å². The van der Waals surface area contributed by atoms with Crippen LogP contribution in [0.1, 0.15) is 0 Å². The predicted molar refractivity (Wildman–Crippen MR) is 139 cm³/mol. The lowest BCUT2D eigenvalue weighted by molar-refractivity contribution is -0.114. The molecule has 1 N–H and O–H groups in total. The largest absolute Gasteiger partial charge is 0.493 e. The first kappa shape index (κ1) is 26.3. The normalized spacial score (nSPS) is 11.1. The number of aromatic nitrogens is 2. The number of sulfonamides is 1. The fourth-order valence-corrected chi connectivity index (χ4v) is 5.63. The van der Waals surface area contributed by atoms with Crippen LogP contribution in [0.3, 0.4) is 0 Å². The van der Waals surface area contributed by atoms with Crippen molar-refractivity contribution in [3.8, 4) is 22.1 Å². The minimum absolute atomic E-state index is 0.0884. The molecule has 1 amide bonds. The molecule has 0 spiro atoms. The van der Waals surface area contributed by atoms with Crippen LogP contribution in [0.5, 0.6) is 11.5 Å². The number of benzene rings is 3. The second-order valence-corrected chi connectivity index (χ2v) is 10.7. The Bertz CT molecular complexity index is 1510. The lowest BCUT2D eigenvalue weighted by Crippen LogP contribution is -2.38. The number of amides is 1. The van der Waals surface area contributed by atoms with Crippen LogP contribution < -0.4 is 19.1 Å². The first-order valence-electron chi connectivity index (χ1n) is 10.6. The van der Waals surface area contributed by atoms with E-state index in [9.17, 15) is 17.6 Å². The molecule has 13 heteroatoms. The molecule has 0 saturated carbocycles. The number of nitrogens with one attached hydrogen (secondary N) is 1. The highest BCUT2D eigenvalue weighted by Crippen LogP contribution is 2.32. The van der Waals surface area contributed by atoms with Crippen LogP contribution in [0.4, 0.5) is 15.2 Å². The Balaban J connectivity index is 1.61. The van der Waals surface area contributed by atoms with Crippen LogP contribution >= 0.6 is 22.9 Å². The van der Waals surface area contributed by atoms with Crippen LogP contribution in [0.15, 0.2) is 71.6 Å². The molecule has 0 atom stereocenters. The number of hydrogen-bond acceptors (Lipinski definition) is 8. The van der Waals surface area contributed by atoms with Gasteiger partial charge in [0.05, 0.1) is 24.8 Å². The number of hydrogen-bond donors (Lipinski definition) is 1. The quantitative estimate of drug-likeness (QED) is 0.310. The summed E-state index contributed by atoms with van der Waals surface area (Å²) in [6.45, 7) is -0.613. The van der Waals surface area contributed by atoms with Gasteiger partial charge < -0.3 is 9.47 Å². The molecule has 9 nitrogen and oxygen atoms in total. The summed E-state index contributed by atoms with van der Waals surface area (Å²) in [7, 11) is -1.49. The Hall–Kier alpha value is -3.74. The molecule has 0 saturated heterocycles. The number of anilines is 2. The molecule has 0 aliphatic carbocycles. The number of methoxy groups -OCH3 is 2. The highest BCUT2D eigenvalue weighted by molar-refractivity contribution is 7.92. The SMILES string of the molecule is COc1ccc(S(=O)(=O)N(CC(=O)Nc2nnc(-c3ccc(Cl)cc3)s2)c2ccc(F)cc2)cc1OC. The smallest absolute Gasteiger partial charge is 0.264 e. The third kappa shape index (κ3) is 5.98. The highest BCUT2D eigenvalue weighted by atomic mass is 35.5. The molecule has 0 bridgehead atoms. The standard InChI is InChI=1S/C24H20ClFN4O5S2/c1-34-20-12-11-19(13-21(20)35-2)37(32,33)30(18-9-7-17(26)8-10-18)14-22(31)27-24-29-28-23(36-24)15-3-5-16(25)6-4-15/h3-13H,14H2,1-2H3,(H,27,29,31). The molecule has 1 heterocycles. The van der Waals surface area contributed by atoms with Crippen molar-refractivity contribution in [1.29, 1.82) is 0 Å². The minimum atomic E-state index is -4.28. The van der Waals surface area contributed by atoms with Gasteiger partial charge in [-0.25, -0.2) is 12.8 Å². The number of nitrogens with zero attached hydrogens (tertiary/aromatic N) is 3. The maximum atomic E-state index is 13.6. The van der Waals surface area contributed by atoms with Gasteiger partial charge in [0.25, 0.3) is 10.0 Å². The molecule has 1 aromatic heterocycles. The van der Waals surface area contributed by atoms with E-state index in [1.165, 1.54) is 44.6 Å². The fraction of sp³-hybridized carbons (Fsp3) is 0.125. The first-order valence-corrected chi connectivity index (χ1v) is 13.2. The van der Waals surface area contributed by atoms with E-state index in [4.69, 9.17) is 21.1 Å². The van der Waals surface area contributed by atoms with Crippen molar-refractivity contribution in [1.82, 2.24) is 10.2 Å². The molecular weight excluding hydrogens is 543 g/mol. The number of carbonyl (C=O) groups is 1. The molecule has 0 radical (unpaired) electrons. The Labute approximate surface area is 221 Å². The van der Waals surface area contributed by atoms with Gasteiger partial charge >= 0.3 is 0 Å². The lowest BCUT2D eigenvalue weighted by Gasteiger charge is -2.24. The average molecular weight is 563 g/mol. The number of rotatable bonds is 9. The summed E-state index contributed by atoms with van der Waals surface area (Å²) in [5.74, 6) is -0.705. The van der Waals surface area contributed by atoms with Crippen LogP contribution in [-0.2, 0) is 14.8 Å². The third-order valence-corrected chi connectivity index (χ3v) is 8.02. The summed E-state index contributed by atoms with van der Waals surface area (Å²) < 4.78 is 52.0. The topological polar surface area (TPSA) is 111 Å². The fourth-order valence-electron chi connectivity index (χ4n) is 3.30. The van der Waals surface area contributed by atoms with Gasteiger partial charge in [-0.05, 0) is 48.5 Å². The second-order valence-electron chi connectivity index (χ2n) is 7.47. The maximum Gasteiger partial charge on any atom is 0.264 e. The molecule has 0 aliphatic heterocycles. The van der Waals surface area contributed by atoms with Crippen LogP contribution in [0.25, 0.3) is 10.6 Å². The number of halogens is 2. The number of ether oxygens (including phenoxy) is 2. The summed E-state index contributed by atoms with van der Waals surface area (Å²) in [5.41, 5.74) is 0.844. The zero-order chi connectivity index (χ0) is 26.6. The summed E-state index contributed by atoms with van der Waals surface area (Å²) in [4.78, 5) is 12.8. The Morgan fingerprint density at radius 3 is 2.32 bits per heavy atom. The van der Waals surface area contributed by atoms with E-state index in [2.05, 4.69) is 15.5 Å². The molecule has 4 rings (SSSR count). The van der Waals surface area contributed by atoms with E-state index >= 15 is 0 Å². The molecule has 0 unspecified atom stereocenters. The zero-order valence-electron chi connectivity index (χ0n) is 19.5. The van der Waals surface area contributed by atoms with Crippen molar-refractivity contribution in [3.63, 3.8) is 0 Å². The van der Waals surface area contributed by atoms with Crippen LogP contribution in [-0.4, -0.2) is 45.3 Å². The van der Waals surface area contributed by atoms with E-state index in [0.29, 0.717) is 15.8 Å². The van der Waals surface area contributed by atoms with E-state index in [-0.39, 0.29) is 21.5 Å². The van der Waals surface area contributed by atoms with Gasteiger partial charge in [-0.1, -0.05) is 35.1 Å². The Morgan fingerprint density at radius 1 is 1.00 bits per heavy atom. The number of carbonyl (C=O) groups excluding carboxylic acids is 1. The van der Waals surface area contributed by atoms with Crippen molar-refractivity contribution >= 4 is 49.7 Å². The summed E-state index contributed by atoms with van der Waals surface area (Å²) in [6, 6.07) is 15.7. The van der Waals surface area contributed by atoms with Gasteiger partial charge in [0.15, 0.2) is 11.5 Å². The second kappa shape index (κ2) is 11.1. The summed E-state index contributed by atoms with van der Waals surface area (Å²) in [6.07, 6.45) is 0. The molecule has 4 aromatic rings. The van der Waals surface area contributed by atoms with E-state index in [1.807, 2.05) is 0 Å². The molecule has 0 fully saturated rings. The lowest BCUT2D eigenvalue weighted by atomic mass is 10.2. The van der Waals surface area contributed by atoms with E-state index < -0.39 is 28.3 Å². The van der Waals surface area contributed by atoms with Crippen LogP contribution in [0.2, 0.25) is 5.02 Å². The van der Waals surface area contributed by atoms with Gasteiger partial charge in [0.1, 0.15) is 17.4 Å². The molecular formula is C24H20ClFN4O5S2. The van der Waals surface area contributed by atoms with Gasteiger partial charge in [-0.3, -0.25) is 14.4 Å². The van der Waals surface area contributed by atoms with Crippen molar-refractivity contribution in [2.75, 3.05) is 30.4 Å². The van der Waals surface area contributed by atoms with Crippen LogP contribution in [0, 0.1) is 5.82 Å². The zero-order valence-corrected chi connectivity index (χ0v) is 21.9. The van der Waals surface area contributed by atoms with E-state index in [1.54, 1.807) is 24.3 Å². The third-order valence-electron chi connectivity index (χ3n) is 5.11. The molecule has 192 valence electrons. The minimum Gasteiger partial charge on any atom is -0.493 e. The van der Waals surface area contributed by atoms with Gasteiger partial charge in [-0.2, -0.15) is 0 Å². The van der Waals surface area contributed by atoms with Crippen molar-refractivity contribution in [2.45, 2.75) is 4.90 Å². The van der Waals surface area contributed by atoms with Gasteiger partial charge in [0.2, 0.25) is 11.0 Å². The Morgan fingerprint density at radius 2 is 1.68 bits per heavy atom. The van der Waals surface area contributed by atoms with Crippen molar-refractivity contribution < 1.29 is 27.1 Å². The summed E-state index contributed by atoms with van der Waals surface area (Å²) >= 11 is 7.03. The van der Waals surface area contributed by atoms with Crippen molar-refractivity contribution in [3.05, 3.63) is 77.6 Å². The van der Waals surface area contributed by atoms with E-state index in [0.717, 1.165) is 33.3 Å². The first-order chi connectivity index (χ1) is 17.7. The average Bonchev–Trinajstić information content (AvgIpc) is 3.36. The molecule has 3 aromatic carbocycles. The molecule has 0 aliphatic rings. The Kier molecular flexibility index (Phi) is 7.91. The van der Waals surface area contributed by atoms with Gasteiger partial charge in [-0.15, -0.1) is 10.2 Å². The summed E-state index contributed by atoms with van der Waals surface area (Å²) in [5, 5.41) is 11.9. The highest BCUT2D eigenvalue weighted by Gasteiger charge is 2.29. The maximum absolute atomic E-state index is 13.6. The predicted octanol–water partition coefficient (Wildman–Crippen LogP) is 4.85.